The van der Waals surface area contributed by atoms with Gasteiger partial charge in [-0.05, 0) is 63.3 Å². The standard InChI is InChI=1S/C25H42N6O5/c1-13(2)12-18-22(33)28-17-9-7-15-8-10-19(31(15)25(17)36)23(34)30-20(14(3)4)24(35)27-16(6-5-11-26)21(32)29-18/h13-20H,5-12,26H2,1-4H3,(H,27,35)(H,28,33)(H,29,32)(H,30,34)/t15-,16-,17+,18+,19+,20+/m1/s1. The zero-order valence-corrected chi connectivity index (χ0v) is 21.8. The SMILES string of the molecule is CC(C)C[C@@H]1NC(=O)[C@@H](CCCN)NC(=O)[C@H](C(C)C)NC(=O)[C@@H]2CC[C@H]3CC[C@H](NC1=O)C(=O)N32. The van der Waals surface area contributed by atoms with Crippen LogP contribution in [-0.4, -0.2) is 77.2 Å². The van der Waals surface area contributed by atoms with Crippen LogP contribution in [0.4, 0.5) is 0 Å². The van der Waals surface area contributed by atoms with E-state index in [2.05, 4.69) is 21.3 Å². The predicted molar refractivity (Wildman–Crippen MR) is 133 cm³/mol. The second-order valence-corrected chi connectivity index (χ2v) is 11.0. The molecule has 3 fully saturated rings. The van der Waals surface area contributed by atoms with Gasteiger partial charge in [-0.2, -0.15) is 0 Å². The number of nitrogens with zero attached hydrogens (tertiary/aromatic N) is 1. The highest BCUT2D eigenvalue weighted by molar-refractivity contribution is 5.98. The fourth-order valence-corrected chi connectivity index (χ4v) is 5.44. The number of nitrogens with one attached hydrogen (secondary N) is 4. The largest absolute Gasteiger partial charge is 0.343 e. The summed E-state index contributed by atoms with van der Waals surface area (Å²) in [6.45, 7) is 7.85. The number of hydrogen-bond acceptors (Lipinski definition) is 6. The van der Waals surface area contributed by atoms with Gasteiger partial charge in [0.1, 0.15) is 30.2 Å². The van der Waals surface area contributed by atoms with Crippen molar-refractivity contribution in [2.75, 3.05) is 6.54 Å². The lowest BCUT2D eigenvalue weighted by Gasteiger charge is -2.38. The summed E-state index contributed by atoms with van der Waals surface area (Å²) in [7, 11) is 0. The normalized spacial score (nSPS) is 32.0. The van der Waals surface area contributed by atoms with Crippen LogP contribution in [0.1, 0.15) is 72.6 Å². The maximum Gasteiger partial charge on any atom is 0.246 e. The van der Waals surface area contributed by atoms with Crippen molar-refractivity contribution in [2.45, 2.75) is 109 Å². The molecule has 5 amide bonds. The number of nitrogens with two attached hydrogens (primary N) is 1. The van der Waals surface area contributed by atoms with Crippen LogP contribution in [0.15, 0.2) is 0 Å². The smallest absolute Gasteiger partial charge is 0.246 e. The van der Waals surface area contributed by atoms with Crippen molar-refractivity contribution >= 4 is 29.5 Å². The fraction of sp³-hybridized carbons (Fsp3) is 0.800. The van der Waals surface area contributed by atoms with Crippen molar-refractivity contribution in [3.05, 3.63) is 0 Å². The van der Waals surface area contributed by atoms with Gasteiger partial charge >= 0.3 is 0 Å². The van der Waals surface area contributed by atoms with Gasteiger partial charge in [-0.15, -0.1) is 0 Å². The van der Waals surface area contributed by atoms with Crippen molar-refractivity contribution in [2.24, 2.45) is 17.6 Å². The van der Waals surface area contributed by atoms with Gasteiger partial charge in [-0.3, -0.25) is 24.0 Å². The van der Waals surface area contributed by atoms with Gasteiger partial charge in [0.15, 0.2) is 0 Å². The van der Waals surface area contributed by atoms with E-state index in [0.717, 1.165) is 0 Å². The minimum Gasteiger partial charge on any atom is -0.343 e. The van der Waals surface area contributed by atoms with E-state index in [-0.39, 0.29) is 29.7 Å². The van der Waals surface area contributed by atoms with Gasteiger partial charge in [-0.1, -0.05) is 27.7 Å². The van der Waals surface area contributed by atoms with Crippen LogP contribution in [0.2, 0.25) is 0 Å². The molecule has 0 aliphatic carbocycles. The third kappa shape index (κ3) is 6.35. The molecule has 3 aliphatic heterocycles. The molecule has 2 bridgehead atoms. The Hall–Kier alpha value is -2.69. The molecule has 3 rings (SSSR count). The van der Waals surface area contributed by atoms with Crippen molar-refractivity contribution in [3.8, 4) is 0 Å². The van der Waals surface area contributed by atoms with Crippen LogP contribution in [-0.2, 0) is 24.0 Å². The Morgan fingerprint density at radius 3 is 2.08 bits per heavy atom. The number of piperidine rings is 1. The van der Waals surface area contributed by atoms with Gasteiger partial charge in [0.25, 0.3) is 0 Å². The first-order valence-corrected chi connectivity index (χ1v) is 13.3. The van der Waals surface area contributed by atoms with E-state index in [1.165, 1.54) is 0 Å². The number of amides is 5. The second-order valence-electron chi connectivity index (χ2n) is 11.0. The number of hydrogen-bond donors (Lipinski definition) is 5. The minimum absolute atomic E-state index is 0.0600. The summed E-state index contributed by atoms with van der Waals surface area (Å²) in [6.07, 6.45) is 3.53. The number of carbonyl (C=O) groups excluding carboxylic acids is 5. The molecule has 3 heterocycles. The number of carbonyl (C=O) groups is 5. The Morgan fingerprint density at radius 1 is 0.806 bits per heavy atom. The van der Waals surface area contributed by atoms with E-state index < -0.39 is 47.9 Å². The highest BCUT2D eigenvalue weighted by atomic mass is 16.2. The van der Waals surface area contributed by atoms with Gasteiger partial charge in [0.2, 0.25) is 29.5 Å². The minimum atomic E-state index is -0.910. The number of rotatable bonds is 6. The summed E-state index contributed by atoms with van der Waals surface area (Å²) < 4.78 is 0. The lowest BCUT2D eigenvalue weighted by atomic mass is 9.96. The van der Waals surface area contributed by atoms with E-state index in [1.807, 2.05) is 27.7 Å². The Kier molecular flexibility index (Phi) is 9.32. The average molecular weight is 507 g/mol. The zero-order valence-electron chi connectivity index (χ0n) is 21.8. The van der Waals surface area contributed by atoms with Gasteiger partial charge in [0, 0.05) is 6.04 Å². The van der Waals surface area contributed by atoms with Crippen LogP contribution in [0, 0.1) is 11.8 Å². The molecule has 36 heavy (non-hydrogen) atoms. The molecule has 0 saturated carbocycles. The molecule has 3 aliphatic rings. The fourth-order valence-electron chi connectivity index (χ4n) is 5.44. The first-order valence-electron chi connectivity index (χ1n) is 13.3. The molecule has 0 aromatic rings. The Bertz CT molecular complexity index is 862. The van der Waals surface area contributed by atoms with Crippen LogP contribution in [0.3, 0.4) is 0 Å². The summed E-state index contributed by atoms with van der Waals surface area (Å²) in [6, 6.07) is -4.16. The van der Waals surface area contributed by atoms with Crippen LogP contribution in [0.25, 0.3) is 0 Å². The maximum atomic E-state index is 13.4. The molecule has 0 spiro atoms. The molecular formula is C25H42N6O5. The Balaban J connectivity index is 1.97. The topological polar surface area (TPSA) is 163 Å². The van der Waals surface area contributed by atoms with E-state index in [0.29, 0.717) is 51.5 Å². The molecule has 6 N–H and O–H groups in total. The third-order valence-electron chi connectivity index (χ3n) is 7.38. The molecule has 0 radical (unpaired) electrons. The maximum absolute atomic E-state index is 13.4. The lowest BCUT2D eigenvalue weighted by molar-refractivity contribution is -0.147. The molecule has 6 atom stereocenters. The molecule has 0 aromatic carbocycles. The Labute approximate surface area is 213 Å². The van der Waals surface area contributed by atoms with Gasteiger partial charge < -0.3 is 31.9 Å². The second kappa shape index (κ2) is 12.0. The van der Waals surface area contributed by atoms with E-state index in [4.69, 9.17) is 5.73 Å². The number of fused-ring (bicyclic) bond motifs is 1. The summed E-state index contributed by atoms with van der Waals surface area (Å²) in [5.41, 5.74) is 5.66. The average Bonchev–Trinajstić information content (AvgIpc) is 3.25. The predicted octanol–water partition coefficient (Wildman–Crippen LogP) is -0.466. The van der Waals surface area contributed by atoms with Crippen molar-refractivity contribution in [1.82, 2.24) is 26.2 Å². The molecule has 11 nitrogen and oxygen atoms in total. The van der Waals surface area contributed by atoms with Crippen LogP contribution < -0.4 is 27.0 Å². The monoisotopic (exact) mass is 506 g/mol. The third-order valence-corrected chi connectivity index (χ3v) is 7.38. The molecule has 0 aromatic heterocycles. The van der Waals surface area contributed by atoms with E-state index in [1.54, 1.807) is 4.90 Å². The first kappa shape index (κ1) is 27.9. The molecule has 11 heteroatoms. The van der Waals surface area contributed by atoms with Crippen molar-refractivity contribution in [3.63, 3.8) is 0 Å². The molecule has 202 valence electrons. The highest BCUT2D eigenvalue weighted by Gasteiger charge is 2.47. The summed E-state index contributed by atoms with van der Waals surface area (Å²) >= 11 is 0. The highest BCUT2D eigenvalue weighted by Crippen LogP contribution is 2.33. The summed E-state index contributed by atoms with van der Waals surface area (Å²) in [5.74, 6) is -2.23. The first-order chi connectivity index (χ1) is 17.0. The molecule has 0 unspecified atom stereocenters. The molecule has 3 saturated heterocycles. The quantitative estimate of drug-likeness (QED) is 0.327. The summed E-state index contributed by atoms with van der Waals surface area (Å²) in [4.78, 5) is 68.1. The van der Waals surface area contributed by atoms with Crippen molar-refractivity contribution in [1.29, 1.82) is 0 Å². The van der Waals surface area contributed by atoms with Crippen LogP contribution in [0.5, 0.6) is 0 Å². The van der Waals surface area contributed by atoms with Gasteiger partial charge in [-0.25, -0.2) is 0 Å². The Morgan fingerprint density at radius 2 is 1.44 bits per heavy atom. The lowest BCUT2D eigenvalue weighted by Crippen LogP contribution is -2.61. The zero-order chi connectivity index (χ0) is 26.6. The van der Waals surface area contributed by atoms with Crippen molar-refractivity contribution < 1.29 is 24.0 Å². The van der Waals surface area contributed by atoms with Crippen LogP contribution >= 0.6 is 0 Å². The summed E-state index contributed by atoms with van der Waals surface area (Å²) in [5, 5.41) is 11.2. The van der Waals surface area contributed by atoms with E-state index >= 15 is 0 Å². The van der Waals surface area contributed by atoms with Gasteiger partial charge in [0.05, 0.1) is 0 Å². The molecular weight excluding hydrogens is 464 g/mol. The van der Waals surface area contributed by atoms with E-state index in [9.17, 15) is 24.0 Å².